The third kappa shape index (κ3) is 5.63. The van der Waals surface area contributed by atoms with Crippen LogP contribution in [0.2, 0.25) is 0 Å². The Morgan fingerprint density at radius 2 is 1.80 bits per heavy atom. The third-order valence-corrected chi connectivity index (χ3v) is 10.1. The van der Waals surface area contributed by atoms with Crippen LogP contribution in [0.1, 0.15) is 54.9 Å². The number of halogens is 1. The number of hydrogen-bond donors (Lipinski definition) is 0. The second kappa shape index (κ2) is 11.8. The molecule has 0 saturated heterocycles. The van der Waals surface area contributed by atoms with Crippen LogP contribution >= 0.6 is 45.7 Å². The second-order valence-corrected chi connectivity index (χ2v) is 13.5. The maximum Gasteiger partial charge on any atom is 0.338 e. The molecule has 0 saturated carbocycles. The summed E-state index contributed by atoms with van der Waals surface area (Å²) >= 11 is 5.35. The normalized spacial score (nSPS) is 15.3. The minimum Gasteiger partial charge on any atom is -0.459 e. The molecule has 0 N–H and O–H groups in total. The first-order chi connectivity index (χ1) is 19.5. The molecule has 0 bridgehead atoms. The van der Waals surface area contributed by atoms with E-state index in [0.717, 1.165) is 33.1 Å². The van der Waals surface area contributed by atoms with E-state index in [9.17, 15) is 9.59 Å². The van der Waals surface area contributed by atoms with Crippen molar-refractivity contribution in [3.63, 3.8) is 0 Å². The fourth-order valence-electron chi connectivity index (χ4n) is 5.15. The van der Waals surface area contributed by atoms with Gasteiger partial charge in [-0.2, -0.15) is 0 Å². The van der Waals surface area contributed by atoms with E-state index in [-0.39, 0.29) is 11.7 Å². The van der Waals surface area contributed by atoms with Crippen molar-refractivity contribution < 1.29 is 9.53 Å². The lowest BCUT2D eigenvalue weighted by Gasteiger charge is -2.25. The van der Waals surface area contributed by atoms with Crippen molar-refractivity contribution in [3.8, 4) is 5.69 Å². The zero-order valence-corrected chi connectivity index (χ0v) is 27.9. The number of rotatable bonds is 6. The number of allylic oxidation sites excluding steroid dienone is 1. The molecule has 0 amide bonds. The summed E-state index contributed by atoms with van der Waals surface area (Å²) in [5.74, 6) is -0.453. The molecule has 2 aromatic heterocycles. The molecule has 0 radical (unpaired) electrons. The summed E-state index contributed by atoms with van der Waals surface area (Å²) in [7, 11) is 0. The van der Waals surface area contributed by atoms with Gasteiger partial charge >= 0.3 is 5.97 Å². The third-order valence-electron chi connectivity index (χ3n) is 7.19. The maximum absolute atomic E-state index is 14.1. The average Bonchev–Trinajstić information content (AvgIpc) is 3.38. The maximum atomic E-state index is 14.1. The fourth-order valence-corrected chi connectivity index (χ4v) is 7.10. The van der Waals surface area contributed by atoms with Gasteiger partial charge in [0.05, 0.1) is 27.9 Å². The number of carbonyl (C=O) groups excluding carboxylic acids is 1. The number of fused-ring (bicyclic) bond motifs is 1. The van der Waals surface area contributed by atoms with Gasteiger partial charge in [0.2, 0.25) is 0 Å². The van der Waals surface area contributed by atoms with Gasteiger partial charge in [0, 0.05) is 25.5 Å². The molecular formula is C32H32IN3O3S2. The number of aryl methyl sites for hydroxylation is 2. The van der Waals surface area contributed by atoms with Gasteiger partial charge in [-0.3, -0.25) is 9.36 Å². The lowest BCUT2D eigenvalue weighted by molar-refractivity contribution is -0.143. The Balaban J connectivity index is 1.68. The summed E-state index contributed by atoms with van der Waals surface area (Å²) in [6.07, 6.45) is 3.67. The zero-order chi connectivity index (χ0) is 29.6. The highest BCUT2D eigenvalue weighted by Crippen LogP contribution is 2.32. The molecule has 0 spiro atoms. The van der Waals surface area contributed by atoms with Crippen LogP contribution in [0, 0.1) is 24.3 Å². The van der Waals surface area contributed by atoms with Gasteiger partial charge in [-0.1, -0.05) is 29.5 Å². The number of nitrogens with zero attached hydrogens (tertiary/aromatic N) is 3. The Kier molecular flexibility index (Phi) is 8.50. The molecule has 5 rings (SSSR count). The smallest absolute Gasteiger partial charge is 0.338 e. The van der Waals surface area contributed by atoms with Crippen LogP contribution in [0.4, 0.5) is 0 Å². The molecule has 212 valence electrons. The molecule has 0 unspecified atom stereocenters. The van der Waals surface area contributed by atoms with Crippen LogP contribution < -0.4 is 14.9 Å². The Morgan fingerprint density at radius 1 is 1.10 bits per heavy atom. The molecule has 2 aromatic carbocycles. The standard InChI is InChI=1S/C32H32IN3O3S2/c1-17(2)39-31(38)28-20(5)34-32-36(29(28)22-9-12-25(40-7)13-10-22)30(37)27(41-32)15-23-14-19(4)35(21(23)6)24-11-8-18(3)26(33)16-24/h8-17,29H,1-7H3/b27-15-/t29-/m0/s1. The lowest BCUT2D eigenvalue weighted by Crippen LogP contribution is -2.40. The number of aromatic nitrogens is 2. The van der Waals surface area contributed by atoms with Gasteiger partial charge in [0.15, 0.2) is 4.80 Å². The van der Waals surface area contributed by atoms with Crippen molar-refractivity contribution in [1.29, 1.82) is 0 Å². The Bertz CT molecular complexity index is 1880. The number of esters is 1. The predicted octanol–water partition coefficient (Wildman–Crippen LogP) is 6.23. The van der Waals surface area contributed by atoms with Crippen LogP contribution in [-0.2, 0) is 9.53 Å². The van der Waals surface area contributed by atoms with E-state index >= 15 is 0 Å². The van der Waals surface area contributed by atoms with E-state index in [1.54, 1.807) is 16.3 Å². The molecule has 0 fully saturated rings. The number of thiazole rings is 1. The van der Waals surface area contributed by atoms with Gasteiger partial charge in [-0.15, -0.1) is 11.8 Å². The van der Waals surface area contributed by atoms with Crippen LogP contribution in [-0.4, -0.2) is 27.5 Å². The number of ether oxygens (including phenoxy) is 1. The molecule has 3 heterocycles. The highest BCUT2D eigenvalue weighted by atomic mass is 127. The molecule has 1 aliphatic rings. The zero-order valence-electron chi connectivity index (χ0n) is 24.1. The summed E-state index contributed by atoms with van der Waals surface area (Å²) in [6, 6.07) is 15.9. The van der Waals surface area contributed by atoms with E-state index in [1.165, 1.54) is 20.5 Å². The molecule has 1 aliphatic heterocycles. The van der Waals surface area contributed by atoms with Crippen molar-refractivity contribution in [1.82, 2.24) is 9.13 Å². The fraction of sp³-hybridized carbons (Fsp3) is 0.281. The number of benzene rings is 2. The molecular weight excluding hydrogens is 665 g/mol. The minimum absolute atomic E-state index is 0.176. The molecule has 9 heteroatoms. The van der Waals surface area contributed by atoms with Crippen LogP contribution in [0.25, 0.3) is 11.8 Å². The lowest BCUT2D eigenvalue weighted by atomic mass is 9.96. The van der Waals surface area contributed by atoms with E-state index in [4.69, 9.17) is 9.73 Å². The molecule has 41 heavy (non-hydrogen) atoms. The van der Waals surface area contributed by atoms with E-state index in [2.05, 4.69) is 72.2 Å². The minimum atomic E-state index is -0.627. The van der Waals surface area contributed by atoms with Crippen molar-refractivity contribution in [2.24, 2.45) is 4.99 Å². The first kappa shape index (κ1) is 29.6. The first-order valence-electron chi connectivity index (χ1n) is 13.3. The van der Waals surface area contributed by atoms with Crippen LogP contribution in [0.15, 0.2) is 74.5 Å². The van der Waals surface area contributed by atoms with Gasteiger partial charge in [0.25, 0.3) is 5.56 Å². The molecule has 6 nitrogen and oxygen atoms in total. The van der Waals surface area contributed by atoms with E-state index in [1.807, 2.05) is 57.4 Å². The van der Waals surface area contributed by atoms with Crippen molar-refractivity contribution in [3.05, 3.63) is 111 Å². The molecule has 1 atom stereocenters. The Hall–Kier alpha value is -2.89. The summed E-state index contributed by atoms with van der Waals surface area (Å²) in [5.41, 5.74) is 7.06. The highest BCUT2D eigenvalue weighted by molar-refractivity contribution is 14.1. The van der Waals surface area contributed by atoms with Crippen molar-refractivity contribution >= 4 is 57.7 Å². The predicted molar refractivity (Wildman–Crippen MR) is 176 cm³/mol. The first-order valence-corrected chi connectivity index (χ1v) is 16.4. The number of hydrogen-bond acceptors (Lipinski definition) is 6. The Labute approximate surface area is 261 Å². The van der Waals surface area contributed by atoms with Gasteiger partial charge in [0.1, 0.15) is 0 Å². The monoisotopic (exact) mass is 697 g/mol. The summed E-state index contributed by atoms with van der Waals surface area (Å²) in [5, 5.41) is 0. The van der Waals surface area contributed by atoms with Crippen LogP contribution in [0.5, 0.6) is 0 Å². The van der Waals surface area contributed by atoms with Gasteiger partial charge in [-0.05, 0) is 123 Å². The largest absolute Gasteiger partial charge is 0.459 e. The van der Waals surface area contributed by atoms with E-state index in [0.29, 0.717) is 20.6 Å². The molecule has 0 aliphatic carbocycles. The Morgan fingerprint density at radius 3 is 2.44 bits per heavy atom. The highest BCUT2D eigenvalue weighted by Gasteiger charge is 2.33. The van der Waals surface area contributed by atoms with Crippen molar-refractivity contribution in [2.45, 2.75) is 58.6 Å². The second-order valence-electron chi connectivity index (χ2n) is 10.4. The average molecular weight is 698 g/mol. The van der Waals surface area contributed by atoms with Gasteiger partial charge < -0.3 is 9.30 Å². The van der Waals surface area contributed by atoms with Crippen molar-refractivity contribution in [2.75, 3.05) is 6.26 Å². The topological polar surface area (TPSA) is 65.6 Å². The van der Waals surface area contributed by atoms with Gasteiger partial charge in [-0.25, -0.2) is 9.79 Å². The molecule has 4 aromatic rings. The number of thioether (sulfide) groups is 1. The quantitative estimate of drug-likeness (QED) is 0.136. The SMILES string of the molecule is CSc1ccc([C@H]2C(C(=O)OC(C)C)=C(C)N=c3s/c(=C\c4cc(C)n(-c5ccc(C)c(I)c5)c4C)c(=O)n32)cc1. The summed E-state index contributed by atoms with van der Waals surface area (Å²) in [6.45, 7) is 11.7. The summed E-state index contributed by atoms with van der Waals surface area (Å²) in [4.78, 5) is 33.8. The van der Waals surface area contributed by atoms with E-state index < -0.39 is 12.0 Å². The number of carbonyl (C=O) groups is 1. The van der Waals surface area contributed by atoms with Crippen LogP contribution in [0.3, 0.4) is 0 Å². The summed E-state index contributed by atoms with van der Waals surface area (Å²) < 4.78 is 11.3.